The van der Waals surface area contributed by atoms with E-state index in [2.05, 4.69) is 10.00 Å². The molecule has 1 aromatic heterocycles. The molecule has 0 saturated carbocycles. The fourth-order valence-corrected chi connectivity index (χ4v) is 1.96. The molecule has 0 radical (unpaired) electrons. The van der Waals surface area contributed by atoms with Crippen molar-refractivity contribution < 1.29 is 5.11 Å². The first-order chi connectivity index (χ1) is 7.66. The molecule has 1 fully saturated rings. The lowest BCUT2D eigenvalue weighted by Gasteiger charge is -2.17. The molecule has 1 atom stereocenters. The molecule has 2 rings (SSSR count). The SMILES string of the molecule is C[C@H](O)Cn1ncc(N2CCCC2)cc1=O. The van der Waals surface area contributed by atoms with Gasteiger partial charge < -0.3 is 10.0 Å². The molecule has 16 heavy (non-hydrogen) atoms. The molecular weight excluding hydrogens is 206 g/mol. The van der Waals surface area contributed by atoms with E-state index in [0.717, 1.165) is 18.8 Å². The second kappa shape index (κ2) is 4.65. The van der Waals surface area contributed by atoms with Crippen LogP contribution in [0.25, 0.3) is 0 Å². The predicted molar refractivity (Wildman–Crippen MR) is 61.6 cm³/mol. The van der Waals surface area contributed by atoms with Crippen LogP contribution in [0, 0.1) is 0 Å². The summed E-state index contributed by atoms with van der Waals surface area (Å²) in [5.74, 6) is 0. The maximum atomic E-state index is 11.7. The molecule has 0 bridgehead atoms. The van der Waals surface area contributed by atoms with Gasteiger partial charge in [-0.05, 0) is 19.8 Å². The maximum Gasteiger partial charge on any atom is 0.268 e. The Morgan fingerprint density at radius 1 is 1.50 bits per heavy atom. The summed E-state index contributed by atoms with van der Waals surface area (Å²) in [7, 11) is 0. The molecule has 5 heteroatoms. The highest BCUT2D eigenvalue weighted by Crippen LogP contribution is 2.16. The molecule has 0 spiro atoms. The Labute approximate surface area is 94.3 Å². The number of hydrogen-bond donors (Lipinski definition) is 1. The van der Waals surface area contributed by atoms with Crippen LogP contribution in [0.5, 0.6) is 0 Å². The predicted octanol–water partition coefficient (Wildman–Crippen LogP) is 0.224. The van der Waals surface area contributed by atoms with Gasteiger partial charge in [0, 0.05) is 19.2 Å². The lowest BCUT2D eigenvalue weighted by molar-refractivity contribution is 0.166. The summed E-state index contributed by atoms with van der Waals surface area (Å²) in [6.07, 6.45) is 3.51. The number of aliphatic hydroxyl groups is 1. The zero-order chi connectivity index (χ0) is 11.5. The molecule has 1 aliphatic heterocycles. The van der Waals surface area contributed by atoms with Crippen LogP contribution in [0.3, 0.4) is 0 Å². The highest BCUT2D eigenvalue weighted by molar-refractivity contribution is 5.43. The summed E-state index contributed by atoms with van der Waals surface area (Å²) >= 11 is 0. The summed E-state index contributed by atoms with van der Waals surface area (Å²) in [5, 5.41) is 13.3. The number of nitrogens with zero attached hydrogens (tertiary/aromatic N) is 3. The van der Waals surface area contributed by atoms with Crippen LogP contribution in [0.1, 0.15) is 19.8 Å². The van der Waals surface area contributed by atoms with E-state index in [9.17, 15) is 9.90 Å². The summed E-state index contributed by atoms with van der Waals surface area (Å²) in [6.45, 7) is 3.89. The third kappa shape index (κ3) is 2.41. The molecule has 88 valence electrons. The normalized spacial score (nSPS) is 17.8. The van der Waals surface area contributed by atoms with Gasteiger partial charge >= 0.3 is 0 Å². The quantitative estimate of drug-likeness (QED) is 0.796. The first kappa shape index (κ1) is 11.1. The molecular formula is C11H17N3O2. The monoisotopic (exact) mass is 223 g/mol. The van der Waals surface area contributed by atoms with Gasteiger partial charge in [-0.2, -0.15) is 5.10 Å². The average Bonchev–Trinajstić information content (AvgIpc) is 2.73. The van der Waals surface area contributed by atoms with Crippen molar-refractivity contribution in [1.82, 2.24) is 9.78 Å². The van der Waals surface area contributed by atoms with E-state index in [1.165, 1.54) is 17.5 Å². The van der Waals surface area contributed by atoms with Crippen LogP contribution in [0.2, 0.25) is 0 Å². The van der Waals surface area contributed by atoms with Crippen molar-refractivity contribution in [2.24, 2.45) is 0 Å². The van der Waals surface area contributed by atoms with E-state index in [0.29, 0.717) is 0 Å². The van der Waals surface area contributed by atoms with Crippen LogP contribution >= 0.6 is 0 Å². The van der Waals surface area contributed by atoms with Crippen molar-refractivity contribution in [2.45, 2.75) is 32.4 Å². The number of anilines is 1. The lowest BCUT2D eigenvalue weighted by atomic mass is 10.4. The van der Waals surface area contributed by atoms with Gasteiger partial charge in [0.1, 0.15) is 0 Å². The average molecular weight is 223 g/mol. The number of hydrogen-bond acceptors (Lipinski definition) is 4. The molecule has 5 nitrogen and oxygen atoms in total. The van der Waals surface area contributed by atoms with Crippen LogP contribution in [-0.4, -0.2) is 34.1 Å². The summed E-state index contributed by atoms with van der Waals surface area (Å²) in [5.41, 5.74) is 0.745. The fourth-order valence-electron chi connectivity index (χ4n) is 1.96. The van der Waals surface area contributed by atoms with E-state index in [1.807, 2.05) is 0 Å². The Bertz CT molecular complexity index is 408. The Hall–Kier alpha value is -1.36. The standard InChI is InChI=1S/C11H17N3O2/c1-9(15)8-14-11(16)6-10(7-12-14)13-4-2-3-5-13/h6-7,9,15H,2-5,8H2,1H3/t9-/m0/s1. The van der Waals surface area contributed by atoms with Crippen molar-refractivity contribution in [3.05, 3.63) is 22.6 Å². The molecule has 0 aromatic carbocycles. The largest absolute Gasteiger partial charge is 0.391 e. The van der Waals surface area contributed by atoms with Crippen LogP contribution < -0.4 is 10.5 Å². The van der Waals surface area contributed by atoms with Gasteiger partial charge in [0.2, 0.25) is 0 Å². The maximum absolute atomic E-state index is 11.7. The van der Waals surface area contributed by atoms with Crippen molar-refractivity contribution >= 4 is 5.69 Å². The molecule has 0 unspecified atom stereocenters. The van der Waals surface area contributed by atoms with Crippen LogP contribution in [0.15, 0.2) is 17.1 Å². The second-order valence-electron chi connectivity index (χ2n) is 4.28. The minimum Gasteiger partial charge on any atom is -0.391 e. The number of aliphatic hydroxyl groups excluding tert-OH is 1. The highest BCUT2D eigenvalue weighted by Gasteiger charge is 2.13. The summed E-state index contributed by atoms with van der Waals surface area (Å²) in [4.78, 5) is 13.9. The zero-order valence-electron chi connectivity index (χ0n) is 9.46. The third-order valence-electron chi connectivity index (χ3n) is 2.76. The Morgan fingerprint density at radius 3 is 2.75 bits per heavy atom. The van der Waals surface area contributed by atoms with E-state index in [-0.39, 0.29) is 12.1 Å². The van der Waals surface area contributed by atoms with Crippen LogP contribution in [0.4, 0.5) is 5.69 Å². The van der Waals surface area contributed by atoms with E-state index in [1.54, 1.807) is 19.2 Å². The molecule has 1 aromatic rings. The van der Waals surface area contributed by atoms with Gasteiger partial charge in [-0.1, -0.05) is 0 Å². The first-order valence-corrected chi connectivity index (χ1v) is 5.67. The van der Waals surface area contributed by atoms with E-state index >= 15 is 0 Å². The van der Waals surface area contributed by atoms with Gasteiger partial charge in [-0.3, -0.25) is 4.79 Å². The first-order valence-electron chi connectivity index (χ1n) is 5.67. The number of aromatic nitrogens is 2. The molecule has 1 saturated heterocycles. The van der Waals surface area contributed by atoms with Crippen LogP contribution in [-0.2, 0) is 6.54 Å². The lowest BCUT2D eigenvalue weighted by Crippen LogP contribution is -2.29. The topological polar surface area (TPSA) is 58.4 Å². The van der Waals surface area contributed by atoms with Crippen molar-refractivity contribution in [2.75, 3.05) is 18.0 Å². The van der Waals surface area contributed by atoms with Crippen molar-refractivity contribution in [3.63, 3.8) is 0 Å². The minimum absolute atomic E-state index is 0.148. The van der Waals surface area contributed by atoms with Gasteiger partial charge in [-0.25, -0.2) is 4.68 Å². The molecule has 2 heterocycles. The Morgan fingerprint density at radius 2 is 2.19 bits per heavy atom. The second-order valence-corrected chi connectivity index (χ2v) is 4.28. The van der Waals surface area contributed by atoms with Crippen molar-refractivity contribution in [3.8, 4) is 0 Å². The van der Waals surface area contributed by atoms with Gasteiger partial charge in [0.05, 0.1) is 24.5 Å². The number of rotatable bonds is 3. The van der Waals surface area contributed by atoms with Gasteiger partial charge in [0.15, 0.2) is 0 Å². The zero-order valence-corrected chi connectivity index (χ0v) is 9.46. The van der Waals surface area contributed by atoms with Gasteiger partial charge in [-0.15, -0.1) is 0 Å². The molecule has 1 N–H and O–H groups in total. The summed E-state index contributed by atoms with van der Waals surface area (Å²) < 4.78 is 1.30. The Kier molecular flexibility index (Phi) is 3.24. The highest BCUT2D eigenvalue weighted by atomic mass is 16.3. The minimum atomic E-state index is -0.553. The smallest absolute Gasteiger partial charge is 0.268 e. The molecule has 1 aliphatic rings. The fraction of sp³-hybridized carbons (Fsp3) is 0.636. The molecule has 0 amide bonds. The van der Waals surface area contributed by atoms with Gasteiger partial charge in [0.25, 0.3) is 5.56 Å². The third-order valence-corrected chi connectivity index (χ3v) is 2.76. The van der Waals surface area contributed by atoms with Crippen molar-refractivity contribution in [1.29, 1.82) is 0 Å². The summed E-state index contributed by atoms with van der Waals surface area (Å²) in [6, 6.07) is 1.60. The molecule has 0 aliphatic carbocycles. The van der Waals surface area contributed by atoms with E-state index in [4.69, 9.17) is 0 Å². The Balaban J connectivity index is 2.18. The van der Waals surface area contributed by atoms with E-state index < -0.39 is 6.10 Å².